The summed E-state index contributed by atoms with van der Waals surface area (Å²) in [4.78, 5) is 11.2. The number of nitrogens with zero attached hydrogens (tertiary/aromatic N) is 1. The lowest BCUT2D eigenvalue weighted by Gasteiger charge is -2.30. The Morgan fingerprint density at radius 2 is 1.92 bits per heavy atom. The van der Waals surface area contributed by atoms with Gasteiger partial charge in [0, 0.05) is 0 Å². The Balaban J connectivity index is 3.00. The van der Waals surface area contributed by atoms with Crippen molar-refractivity contribution >= 4 is 5.91 Å². The highest BCUT2D eigenvalue weighted by molar-refractivity contribution is 5.78. The van der Waals surface area contributed by atoms with Gasteiger partial charge in [-0.25, -0.2) is 0 Å². The van der Waals surface area contributed by atoms with Crippen LogP contribution in [0.2, 0.25) is 0 Å². The van der Waals surface area contributed by atoms with Crippen LogP contribution in [0.4, 0.5) is 0 Å². The van der Waals surface area contributed by atoms with Crippen molar-refractivity contribution in [1.82, 2.24) is 5.06 Å². The molecule has 0 aromatic rings. The molecular formula is C9H19N2O2+. The Kier molecular flexibility index (Phi) is 2.16. The SMILES string of the molecule is CC1(C)CC(C(N)=O)C(C)(C)N1[OH2+]. The van der Waals surface area contributed by atoms with Gasteiger partial charge < -0.3 is 10.9 Å². The minimum atomic E-state index is -0.449. The van der Waals surface area contributed by atoms with Crippen molar-refractivity contribution < 1.29 is 10.0 Å². The summed E-state index contributed by atoms with van der Waals surface area (Å²) in [7, 11) is 0. The maximum atomic E-state index is 11.2. The van der Waals surface area contributed by atoms with Gasteiger partial charge in [0.1, 0.15) is 0 Å². The first-order chi connectivity index (χ1) is 5.69. The Bertz CT molecular complexity index is 236. The maximum Gasteiger partial charge on any atom is 0.222 e. The molecule has 1 atom stereocenters. The third-order valence-corrected chi connectivity index (χ3v) is 3.08. The van der Waals surface area contributed by atoms with Gasteiger partial charge in [0.25, 0.3) is 0 Å². The highest BCUT2D eigenvalue weighted by Crippen LogP contribution is 2.43. The molecule has 0 saturated carbocycles. The minimum Gasteiger partial charge on any atom is -0.369 e. The van der Waals surface area contributed by atoms with Gasteiger partial charge in [0.2, 0.25) is 5.91 Å². The molecule has 0 aromatic carbocycles. The average Bonchev–Trinajstić information content (AvgIpc) is 2.11. The summed E-state index contributed by atoms with van der Waals surface area (Å²) in [5, 5.41) is 9.38. The zero-order valence-electron chi connectivity index (χ0n) is 8.72. The Hall–Kier alpha value is -0.610. The van der Waals surface area contributed by atoms with Crippen LogP contribution in [0.25, 0.3) is 0 Å². The molecule has 13 heavy (non-hydrogen) atoms. The molecular weight excluding hydrogens is 168 g/mol. The van der Waals surface area contributed by atoms with Gasteiger partial charge in [-0.3, -0.25) is 4.79 Å². The standard InChI is InChI=1S/C9H18N2O2/c1-8(2)5-6(7(10)12)9(3,4)11(8)13/h6,13H,5H2,1-4H3,(H2,10,12)/p+1. The normalized spacial score (nSPS) is 31.9. The van der Waals surface area contributed by atoms with Gasteiger partial charge in [-0.05, 0) is 34.1 Å². The molecule has 0 aliphatic carbocycles. The first-order valence-corrected chi connectivity index (χ1v) is 4.50. The first kappa shape index (κ1) is 10.5. The molecule has 0 spiro atoms. The summed E-state index contributed by atoms with van der Waals surface area (Å²) in [6.07, 6.45) is 0.666. The van der Waals surface area contributed by atoms with E-state index in [2.05, 4.69) is 0 Å². The van der Waals surface area contributed by atoms with Crippen molar-refractivity contribution in [3.8, 4) is 0 Å². The fourth-order valence-corrected chi connectivity index (χ4v) is 2.23. The average molecular weight is 187 g/mol. The lowest BCUT2D eigenvalue weighted by molar-refractivity contribution is -0.197. The van der Waals surface area contributed by atoms with Gasteiger partial charge in [-0.15, -0.1) is 0 Å². The number of carbonyl (C=O) groups is 1. The van der Waals surface area contributed by atoms with Gasteiger partial charge in [-0.1, -0.05) is 5.06 Å². The number of carbonyl (C=O) groups excluding carboxylic acids is 1. The van der Waals surface area contributed by atoms with E-state index in [9.17, 15) is 4.79 Å². The molecule has 1 unspecified atom stereocenters. The summed E-state index contributed by atoms with van der Waals surface area (Å²) >= 11 is 0. The Morgan fingerprint density at radius 1 is 1.46 bits per heavy atom. The number of hydroxylamine groups is 2. The van der Waals surface area contributed by atoms with Crippen LogP contribution in [0.15, 0.2) is 0 Å². The third-order valence-electron chi connectivity index (χ3n) is 3.08. The molecule has 4 N–H and O–H groups in total. The van der Waals surface area contributed by atoms with Crippen molar-refractivity contribution in [3.63, 3.8) is 0 Å². The van der Waals surface area contributed by atoms with Crippen LogP contribution >= 0.6 is 0 Å². The summed E-state index contributed by atoms with van der Waals surface area (Å²) in [5.74, 6) is -0.521. The molecule has 76 valence electrons. The van der Waals surface area contributed by atoms with Gasteiger partial charge in [-0.2, -0.15) is 0 Å². The van der Waals surface area contributed by atoms with E-state index in [-0.39, 0.29) is 17.4 Å². The van der Waals surface area contributed by atoms with Gasteiger partial charge in [0.15, 0.2) is 0 Å². The lowest BCUT2D eigenvalue weighted by Crippen LogP contribution is -2.49. The van der Waals surface area contributed by atoms with E-state index in [0.29, 0.717) is 6.42 Å². The van der Waals surface area contributed by atoms with Crippen LogP contribution in [0, 0.1) is 5.92 Å². The summed E-state index contributed by atoms with van der Waals surface area (Å²) < 4.78 is 0. The van der Waals surface area contributed by atoms with Crippen molar-refractivity contribution in [3.05, 3.63) is 0 Å². The largest absolute Gasteiger partial charge is 0.369 e. The second-order valence-electron chi connectivity index (χ2n) is 4.96. The fourth-order valence-electron chi connectivity index (χ4n) is 2.23. The van der Waals surface area contributed by atoms with Crippen LogP contribution < -0.4 is 5.73 Å². The van der Waals surface area contributed by atoms with E-state index < -0.39 is 5.54 Å². The molecule has 0 bridgehead atoms. The van der Waals surface area contributed by atoms with Crippen molar-refractivity contribution in [2.45, 2.75) is 45.2 Å². The van der Waals surface area contributed by atoms with Crippen LogP contribution in [0.5, 0.6) is 0 Å². The number of rotatable bonds is 1. The van der Waals surface area contributed by atoms with Crippen molar-refractivity contribution in [1.29, 1.82) is 0 Å². The predicted octanol–water partition coefficient (Wildman–Crippen LogP) is -0.00960. The number of nitrogens with two attached hydrogens (primary N) is 1. The predicted molar refractivity (Wildman–Crippen MR) is 50.9 cm³/mol. The number of hydrogen-bond donors (Lipinski definition) is 1. The van der Waals surface area contributed by atoms with Crippen molar-refractivity contribution in [2.24, 2.45) is 11.7 Å². The lowest BCUT2D eigenvalue weighted by atomic mass is 9.86. The molecule has 1 aliphatic heterocycles. The molecule has 0 aromatic heterocycles. The first-order valence-electron chi connectivity index (χ1n) is 4.50. The molecule has 1 saturated heterocycles. The summed E-state index contributed by atoms with van der Waals surface area (Å²) in [6.45, 7) is 7.71. The van der Waals surface area contributed by atoms with E-state index in [1.54, 1.807) is 0 Å². The van der Waals surface area contributed by atoms with Crippen LogP contribution in [-0.2, 0) is 4.79 Å². The second kappa shape index (κ2) is 2.69. The monoisotopic (exact) mass is 187 g/mol. The number of primary amides is 1. The molecule has 0 radical (unpaired) electrons. The van der Waals surface area contributed by atoms with E-state index in [1.807, 2.05) is 27.7 Å². The van der Waals surface area contributed by atoms with E-state index in [4.69, 9.17) is 10.9 Å². The van der Waals surface area contributed by atoms with E-state index in [1.165, 1.54) is 5.06 Å². The van der Waals surface area contributed by atoms with Crippen LogP contribution in [-0.4, -0.2) is 27.3 Å². The third kappa shape index (κ3) is 1.44. The highest BCUT2D eigenvalue weighted by Gasteiger charge is 2.56. The van der Waals surface area contributed by atoms with E-state index >= 15 is 0 Å². The number of amides is 1. The quantitative estimate of drug-likeness (QED) is 0.587. The van der Waals surface area contributed by atoms with Crippen molar-refractivity contribution in [2.75, 3.05) is 0 Å². The maximum absolute atomic E-state index is 11.2. The molecule has 4 heteroatoms. The van der Waals surface area contributed by atoms with E-state index in [0.717, 1.165) is 0 Å². The Labute approximate surface area is 78.7 Å². The van der Waals surface area contributed by atoms with Crippen LogP contribution in [0.3, 0.4) is 0 Å². The van der Waals surface area contributed by atoms with Crippen LogP contribution in [0.1, 0.15) is 34.1 Å². The fraction of sp³-hybridized carbons (Fsp3) is 0.889. The zero-order chi connectivity index (χ0) is 10.4. The molecule has 1 heterocycles. The van der Waals surface area contributed by atoms with Gasteiger partial charge in [0.05, 0.1) is 17.0 Å². The summed E-state index contributed by atoms with van der Waals surface area (Å²) in [5.41, 5.74) is 4.60. The topological polar surface area (TPSA) is 69.2 Å². The molecule has 1 aliphatic rings. The molecule has 1 rings (SSSR count). The minimum absolute atomic E-state index is 0.222. The summed E-state index contributed by atoms with van der Waals surface area (Å²) in [6, 6.07) is 0. The zero-order valence-corrected chi connectivity index (χ0v) is 8.72. The second-order valence-corrected chi connectivity index (χ2v) is 4.96. The van der Waals surface area contributed by atoms with Gasteiger partial charge >= 0.3 is 0 Å². The highest BCUT2D eigenvalue weighted by atomic mass is 16.5. The molecule has 1 fully saturated rings. The smallest absolute Gasteiger partial charge is 0.222 e. The Morgan fingerprint density at radius 3 is 2.08 bits per heavy atom. The molecule has 1 amide bonds. The molecule has 4 nitrogen and oxygen atoms in total. The number of hydrogen-bond acceptors (Lipinski definition) is 2.